The van der Waals surface area contributed by atoms with E-state index in [0.29, 0.717) is 0 Å². The molecular weight excluding hydrogens is 169 g/mol. The molecule has 0 bridgehead atoms. The Labute approximate surface area is 70.1 Å². The van der Waals surface area contributed by atoms with Gasteiger partial charge in [0.25, 0.3) is 0 Å². The normalized spacial score (nSPS) is 5.14. The number of hydrogen-bond acceptors (Lipinski definition) is 2. The number of aliphatic hydroxyl groups excluding tert-OH is 1. The van der Waals surface area contributed by atoms with Crippen LogP contribution >= 0.6 is 0 Å². The minimum atomic E-state index is 0. The van der Waals surface area contributed by atoms with Crippen molar-refractivity contribution in [1.82, 2.24) is 0 Å². The minimum Gasteiger partial charge on any atom is -0.566 e. The van der Waals surface area contributed by atoms with Gasteiger partial charge in [-0.2, -0.15) is 6.92 Å². The van der Waals surface area contributed by atoms with E-state index in [-0.39, 0.29) is 32.7 Å². The fourth-order valence-electron chi connectivity index (χ4n) is 0. The zero-order valence-corrected chi connectivity index (χ0v) is 7.56. The molecule has 7 heavy (non-hydrogen) atoms. The Bertz CT molecular complexity index is 11.7. The summed E-state index contributed by atoms with van der Waals surface area (Å²) >= 11 is 0. The van der Waals surface area contributed by atoms with Crippen molar-refractivity contribution in [3.63, 3.8) is 0 Å². The summed E-state index contributed by atoms with van der Waals surface area (Å²) in [5.74, 6) is 0. The van der Waals surface area contributed by atoms with E-state index in [1.54, 1.807) is 6.92 Å². The van der Waals surface area contributed by atoms with Gasteiger partial charge in [-0.05, 0) is 7.11 Å². The van der Waals surface area contributed by atoms with E-state index in [2.05, 4.69) is 11.8 Å². The van der Waals surface area contributed by atoms with Crippen LogP contribution in [0.25, 0.3) is 0 Å². The van der Waals surface area contributed by atoms with Crippen LogP contribution in [0.5, 0.6) is 0 Å². The Morgan fingerprint density at radius 2 is 1.71 bits per heavy atom. The van der Waals surface area contributed by atoms with Gasteiger partial charge in [-0.25, -0.2) is 13.7 Å². The van der Waals surface area contributed by atoms with E-state index in [0.717, 1.165) is 6.61 Å². The van der Waals surface area contributed by atoms with E-state index >= 15 is 0 Å². The van der Waals surface area contributed by atoms with Gasteiger partial charge in [0.1, 0.15) is 0 Å². The molecule has 0 aliphatic carbocycles. The average molecular weight is 179 g/mol. The number of hydrogen-bond donors (Lipinski definition) is 1. The molecule has 2 nitrogen and oxygen atoms in total. The molecule has 0 aromatic heterocycles. The molecule has 0 unspecified atom stereocenters. The first kappa shape index (κ1) is 15.7. The fourth-order valence-corrected chi connectivity index (χ4v) is 0. The van der Waals surface area contributed by atoms with Gasteiger partial charge in [-0.1, -0.05) is 0 Å². The van der Waals surface area contributed by atoms with Gasteiger partial charge in [-0.15, -0.1) is 0 Å². The maximum absolute atomic E-state index is 7.44. The van der Waals surface area contributed by atoms with Crippen LogP contribution in [0, 0.1) is 13.7 Å². The van der Waals surface area contributed by atoms with Crippen LogP contribution in [-0.2, 0) is 37.4 Å². The molecule has 0 aliphatic rings. The number of aliphatic hydroxyl groups is 1. The summed E-state index contributed by atoms with van der Waals surface area (Å²) < 4.78 is 4.00. The standard InChI is InChI=1S/2C2H5O.Y/c1-3-2;1-2-3;/h1H2,2H3;2-3H,1H3;/q2*-1;. The molecule has 0 aromatic carbocycles. The van der Waals surface area contributed by atoms with E-state index < -0.39 is 0 Å². The molecule has 0 aromatic rings. The van der Waals surface area contributed by atoms with Crippen LogP contribution in [0.3, 0.4) is 0 Å². The predicted molar refractivity (Wildman–Crippen MR) is 24.3 cm³/mol. The molecule has 0 aliphatic heterocycles. The molecule has 0 atom stereocenters. The molecule has 0 rings (SSSR count). The van der Waals surface area contributed by atoms with Gasteiger partial charge in [-0.3, -0.25) is 0 Å². The summed E-state index contributed by atoms with van der Waals surface area (Å²) in [6.45, 7) is 2.56. The Balaban J connectivity index is -0.0000000400. The maximum Gasteiger partial charge on any atom is 0 e. The SMILES string of the molecule is C[CH-]O.[CH2-]OC.[Y]. The summed E-state index contributed by atoms with van der Waals surface area (Å²) in [4.78, 5) is 0. The molecule has 0 amide bonds. The van der Waals surface area contributed by atoms with Crippen molar-refractivity contribution in [3.05, 3.63) is 13.7 Å². The van der Waals surface area contributed by atoms with Crippen molar-refractivity contribution in [1.29, 1.82) is 0 Å². The first-order chi connectivity index (χ1) is 2.83. The van der Waals surface area contributed by atoms with Gasteiger partial charge < -0.3 is 9.84 Å². The third kappa shape index (κ3) is 169. The van der Waals surface area contributed by atoms with Gasteiger partial charge in [0.05, 0.1) is 0 Å². The molecule has 43 valence electrons. The van der Waals surface area contributed by atoms with Gasteiger partial charge >= 0.3 is 0 Å². The summed E-state index contributed by atoms with van der Waals surface area (Å²) in [6, 6.07) is 0. The maximum atomic E-state index is 7.44. The minimum absolute atomic E-state index is 0. The quantitative estimate of drug-likeness (QED) is 0.561. The molecular formula is C4H10O2Y-2. The molecule has 3 heteroatoms. The van der Waals surface area contributed by atoms with E-state index in [4.69, 9.17) is 5.11 Å². The third-order valence-electron chi connectivity index (χ3n) is 0. The van der Waals surface area contributed by atoms with Crippen LogP contribution in [0.2, 0.25) is 0 Å². The number of rotatable bonds is 0. The van der Waals surface area contributed by atoms with Crippen molar-refractivity contribution in [2.24, 2.45) is 0 Å². The van der Waals surface area contributed by atoms with E-state index in [9.17, 15) is 0 Å². The first-order valence-electron chi connectivity index (χ1n) is 1.53. The van der Waals surface area contributed by atoms with E-state index in [1.165, 1.54) is 7.11 Å². The van der Waals surface area contributed by atoms with Crippen LogP contribution in [0.15, 0.2) is 0 Å². The first-order valence-corrected chi connectivity index (χ1v) is 1.53. The topological polar surface area (TPSA) is 29.5 Å². The van der Waals surface area contributed by atoms with Gasteiger partial charge in [0.2, 0.25) is 0 Å². The molecule has 0 heterocycles. The molecule has 0 saturated carbocycles. The molecule has 1 N–H and O–H groups in total. The molecule has 0 spiro atoms. The Hall–Kier alpha value is 1.02. The summed E-state index contributed by atoms with van der Waals surface area (Å²) in [6.07, 6.45) is 0. The fraction of sp³-hybridized carbons (Fsp3) is 0.500. The van der Waals surface area contributed by atoms with E-state index in [1.807, 2.05) is 0 Å². The Morgan fingerprint density at radius 3 is 1.71 bits per heavy atom. The summed E-state index contributed by atoms with van der Waals surface area (Å²) in [5.41, 5.74) is 0. The second-order valence-electron chi connectivity index (χ2n) is 0.547. The zero-order valence-electron chi connectivity index (χ0n) is 4.72. The van der Waals surface area contributed by atoms with Crippen molar-refractivity contribution in [2.45, 2.75) is 6.92 Å². The van der Waals surface area contributed by atoms with Crippen molar-refractivity contribution in [3.8, 4) is 0 Å². The summed E-state index contributed by atoms with van der Waals surface area (Å²) in [5, 5.41) is 7.44. The third-order valence-corrected chi connectivity index (χ3v) is 0. The largest absolute Gasteiger partial charge is 0.566 e. The Kier molecular flexibility index (Phi) is 62.5. The summed E-state index contributed by atoms with van der Waals surface area (Å²) in [7, 11) is 4.50. The van der Waals surface area contributed by atoms with Crippen LogP contribution in [0.4, 0.5) is 0 Å². The van der Waals surface area contributed by atoms with Crippen molar-refractivity contribution < 1.29 is 42.6 Å². The van der Waals surface area contributed by atoms with Gasteiger partial charge in [0, 0.05) is 32.7 Å². The molecule has 0 fully saturated rings. The number of ether oxygens (including phenoxy) is 1. The zero-order chi connectivity index (χ0) is 5.41. The van der Waals surface area contributed by atoms with Crippen LogP contribution < -0.4 is 0 Å². The second kappa shape index (κ2) is 27.9. The second-order valence-corrected chi connectivity index (χ2v) is 0.547. The Morgan fingerprint density at radius 1 is 1.71 bits per heavy atom. The number of methoxy groups -OCH3 is 1. The smallest absolute Gasteiger partial charge is 0 e. The van der Waals surface area contributed by atoms with Crippen molar-refractivity contribution in [2.75, 3.05) is 7.11 Å². The molecule has 0 saturated heterocycles. The van der Waals surface area contributed by atoms with Crippen LogP contribution in [-0.4, -0.2) is 12.2 Å². The van der Waals surface area contributed by atoms with Crippen LogP contribution in [0.1, 0.15) is 6.92 Å². The van der Waals surface area contributed by atoms with Gasteiger partial charge in [0.15, 0.2) is 0 Å². The van der Waals surface area contributed by atoms with Crippen molar-refractivity contribution >= 4 is 0 Å². The monoisotopic (exact) mass is 179 g/mol. The molecule has 1 radical (unpaired) electrons. The predicted octanol–water partition coefficient (Wildman–Crippen LogP) is 0.962. The average Bonchev–Trinajstić information content (AvgIpc) is 1.39.